The monoisotopic (exact) mass is 473 g/mol. The number of benzene rings is 1. The smallest absolute Gasteiger partial charge is 0.415 e. The summed E-state index contributed by atoms with van der Waals surface area (Å²) in [6.07, 6.45) is 1.16. The van der Waals surface area contributed by atoms with Crippen LogP contribution in [0.4, 0.5) is 10.6 Å². The molecule has 0 aliphatic heterocycles. The largest absolute Gasteiger partial charge is 0.489 e. The Morgan fingerprint density at radius 3 is 2.26 bits per heavy atom. The molecule has 1 aromatic carbocycles. The number of hydrogen-bond donors (Lipinski definition) is 1. The van der Waals surface area contributed by atoms with E-state index < -0.39 is 17.6 Å². The second-order valence-electron chi connectivity index (χ2n) is 10.9. The number of aromatic nitrogens is 1. The van der Waals surface area contributed by atoms with Crippen LogP contribution in [0.2, 0.25) is 0 Å². The zero-order valence-corrected chi connectivity index (χ0v) is 21.8. The zero-order valence-electron chi connectivity index (χ0n) is 21.8. The van der Waals surface area contributed by atoms with Gasteiger partial charge in [0.25, 0.3) is 5.56 Å². The molecule has 0 atom stereocenters. The minimum atomic E-state index is -0.713. The third kappa shape index (κ3) is 6.98. The van der Waals surface area contributed by atoms with Gasteiger partial charge in [-0.05, 0) is 50.3 Å². The maximum atomic E-state index is 13.7. The van der Waals surface area contributed by atoms with E-state index in [4.69, 9.17) is 15.2 Å². The number of hydrogen-bond acceptors (Lipinski definition) is 5. The second kappa shape index (κ2) is 10.5. The lowest BCUT2D eigenvalue weighted by Gasteiger charge is -2.30. The van der Waals surface area contributed by atoms with Gasteiger partial charge in [0.15, 0.2) is 11.6 Å². The average molecular weight is 474 g/mol. The molecule has 34 heavy (non-hydrogen) atoms. The van der Waals surface area contributed by atoms with Crippen molar-refractivity contribution >= 4 is 28.6 Å². The summed E-state index contributed by atoms with van der Waals surface area (Å²) in [7, 11) is 1.58. The maximum absolute atomic E-state index is 13.7. The van der Waals surface area contributed by atoms with E-state index in [-0.39, 0.29) is 17.4 Å². The molecular formula is C26H39N3O5. The van der Waals surface area contributed by atoms with Gasteiger partial charge in [-0.2, -0.15) is 0 Å². The molecule has 0 saturated heterocycles. The number of rotatable bonds is 8. The standard InChI is InChI=1S/C26H39N3O5/c1-9-10-13-33-21-19-14-17(15-20(27)30)11-12-18(19)23(31)29(16-25(2,3)4)22(21)28(8)24(32)34-26(5,6)7/h11-12,14H,9-10,13,15-16H2,1-8H3,(H2,27,30). The fourth-order valence-electron chi connectivity index (χ4n) is 3.59. The molecule has 1 heterocycles. The number of fused-ring (bicyclic) bond motifs is 1. The summed E-state index contributed by atoms with van der Waals surface area (Å²) < 4.78 is 13.4. The van der Waals surface area contributed by atoms with Gasteiger partial charge >= 0.3 is 6.09 Å². The van der Waals surface area contributed by atoms with Gasteiger partial charge in [-0.3, -0.25) is 19.1 Å². The van der Waals surface area contributed by atoms with Gasteiger partial charge in [-0.25, -0.2) is 4.79 Å². The van der Waals surface area contributed by atoms with Crippen LogP contribution in [0.1, 0.15) is 66.9 Å². The number of anilines is 1. The fraction of sp³-hybridized carbons (Fsp3) is 0.577. The lowest BCUT2D eigenvalue weighted by molar-refractivity contribution is -0.117. The first-order valence-corrected chi connectivity index (χ1v) is 11.7. The highest BCUT2D eigenvalue weighted by Gasteiger charge is 2.29. The van der Waals surface area contributed by atoms with Crippen molar-refractivity contribution in [3.05, 3.63) is 34.1 Å². The second-order valence-corrected chi connectivity index (χ2v) is 10.9. The number of ether oxygens (including phenoxy) is 2. The third-order valence-corrected chi connectivity index (χ3v) is 5.00. The summed E-state index contributed by atoms with van der Waals surface area (Å²) >= 11 is 0. The quantitative estimate of drug-likeness (QED) is 0.563. The summed E-state index contributed by atoms with van der Waals surface area (Å²) in [5, 5.41) is 0.987. The van der Waals surface area contributed by atoms with Crippen LogP contribution in [-0.4, -0.2) is 35.8 Å². The van der Waals surface area contributed by atoms with E-state index in [2.05, 4.69) is 6.92 Å². The van der Waals surface area contributed by atoms with Crippen LogP contribution in [0.5, 0.6) is 5.75 Å². The molecule has 8 nitrogen and oxygen atoms in total. The van der Waals surface area contributed by atoms with Crippen LogP contribution in [-0.2, 0) is 22.5 Å². The molecule has 0 spiro atoms. The average Bonchev–Trinajstić information content (AvgIpc) is 2.68. The predicted octanol–water partition coefficient (Wildman–Crippen LogP) is 4.63. The third-order valence-electron chi connectivity index (χ3n) is 5.00. The summed E-state index contributed by atoms with van der Waals surface area (Å²) in [4.78, 5) is 39.6. The van der Waals surface area contributed by atoms with E-state index in [1.165, 1.54) is 4.90 Å². The van der Waals surface area contributed by atoms with Crippen LogP contribution in [0.25, 0.3) is 10.8 Å². The molecule has 1 aromatic heterocycles. The number of amides is 2. The molecule has 2 N–H and O–H groups in total. The Kier molecular flexibility index (Phi) is 8.40. The van der Waals surface area contributed by atoms with Crippen LogP contribution in [0.15, 0.2) is 23.0 Å². The van der Waals surface area contributed by atoms with Crippen LogP contribution >= 0.6 is 0 Å². The highest BCUT2D eigenvalue weighted by atomic mass is 16.6. The Morgan fingerprint density at radius 2 is 1.74 bits per heavy atom. The number of nitrogens with zero attached hydrogens (tertiary/aromatic N) is 2. The SMILES string of the molecule is CCCCOc1c(N(C)C(=O)OC(C)(C)C)n(CC(C)(C)C)c(=O)c2ccc(CC(N)=O)cc12. The summed E-state index contributed by atoms with van der Waals surface area (Å²) in [5.74, 6) is 0.265. The van der Waals surface area contributed by atoms with Crippen molar-refractivity contribution in [3.8, 4) is 5.75 Å². The lowest BCUT2D eigenvalue weighted by atomic mass is 9.96. The van der Waals surface area contributed by atoms with Crippen LogP contribution in [0, 0.1) is 5.41 Å². The predicted molar refractivity (Wildman–Crippen MR) is 136 cm³/mol. The van der Waals surface area contributed by atoms with Crippen molar-refractivity contribution in [3.63, 3.8) is 0 Å². The van der Waals surface area contributed by atoms with Crippen molar-refractivity contribution in [2.45, 2.75) is 79.9 Å². The van der Waals surface area contributed by atoms with Crippen molar-refractivity contribution < 1.29 is 19.1 Å². The lowest BCUT2D eigenvalue weighted by Crippen LogP contribution is -2.39. The van der Waals surface area contributed by atoms with E-state index in [1.54, 1.807) is 50.6 Å². The maximum Gasteiger partial charge on any atom is 0.415 e. The minimum Gasteiger partial charge on any atom is -0.489 e. The number of pyridine rings is 1. The number of primary amides is 1. The van der Waals surface area contributed by atoms with E-state index in [0.717, 1.165) is 12.8 Å². The van der Waals surface area contributed by atoms with E-state index in [9.17, 15) is 14.4 Å². The van der Waals surface area contributed by atoms with E-state index in [0.29, 0.717) is 41.1 Å². The molecule has 188 valence electrons. The molecule has 0 saturated carbocycles. The van der Waals surface area contributed by atoms with Gasteiger partial charge in [0.1, 0.15) is 5.60 Å². The molecule has 0 fully saturated rings. The summed E-state index contributed by atoms with van der Waals surface area (Å²) in [6, 6.07) is 5.17. The molecule has 0 bridgehead atoms. The Bertz CT molecular complexity index is 1110. The van der Waals surface area contributed by atoms with Gasteiger partial charge in [0, 0.05) is 19.0 Å². The zero-order chi connectivity index (χ0) is 25.8. The summed E-state index contributed by atoms with van der Waals surface area (Å²) in [5.41, 5.74) is 4.85. The highest BCUT2D eigenvalue weighted by molar-refractivity contribution is 5.97. The van der Waals surface area contributed by atoms with Gasteiger partial charge in [0.05, 0.1) is 18.4 Å². The number of carbonyl (C=O) groups excluding carboxylic acids is 2. The minimum absolute atomic E-state index is 0.0344. The first-order valence-electron chi connectivity index (χ1n) is 11.7. The number of unbranched alkanes of at least 4 members (excludes halogenated alkanes) is 1. The number of nitrogens with two attached hydrogens (primary N) is 1. The summed E-state index contributed by atoms with van der Waals surface area (Å²) in [6.45, 7) is 14.3. The van der Waals surface area contributed by atoms with Gasteiger partial charge in [-0.15, -0.1) is 0 Å². The van der Waals surface area contributed by atoms with Crippen LogP contribution in [0.3, 0.4) is 0 Å². The van der Waals surface area contributed by atoms with E-state index >= 15 is 0 Å². The Labute approximate surface area is 202 Å². The topological polar surface area (TPSA) is 104 Å². The molecule has 8 heteroatoms. The Morgan fingerprint density at radius 1 is 1.09 bits per heavy atom. The molecule has 2 rings (SSSR count). The normalized spacial score (nSPS) is 12.0. The highest BCUT2D eigenvalue weighted by Crippen LogP contribution is 2.37. The van der Waals surface area contributed by atoms with Crippen molar-refractivity contribution in [1.82, 2.24) is 4.57 Å². The van der Waals surface area contributed by atoms with Gasteiger partial charge < -0.3 is 15.2 Å². The Hall–Kier alpha value is -3.03. The van der Waals surface area contributed by atoms with Crippen molar-refractivity contribution in [2.75, 3.05) is 18.6 Å². The van der Waals surface area contributed by atoms with Crippen LogP contribution < -0.4 is 20.9 Å². The van der Waals surface area contributed by atoms with Crippen molar-refractivity contribution in [2.24, 2.45) is 11.1 Å². The molecule has 0 aliphatic carbocycles. The molecule has 0 aliphatic rings. The van der Waals surface area contributed by atoms with Gasteiger partial charge in [0.2, 0.25) is 5.91 Å². The van der Waals surface area contributed by atoms with Crippen molar-refractivity contribution in [1.29, 1.82) is 0 Å². The first kappa shape index (κ1) is 27.2. The fourth-order valence-corrected chi connectivity index (χ4v) is 3.59. The molecular weight excluding hydrogens is 434 g/mol. The Balaban J connectivity index is 2.89. The molecule has 0 radical (unpaired) electrons. The first-order chi connectivity index (χ1) is 15.6. The number of carbonyl (C=O) groups is 2. The molecule has 2 amide bonds. The van der Waals surface area contributed by atoms with E-state index in [1.807, 2.05) is 20.8 Å². The molecule has 2 aromatic rings. The molecule has 0 unspecified atom stereocenters. The van der Waals surface area contributed by atoms with Gasteiger partial charge in [-0.1, -0.05) is 40.2 Å².